The fourth-order valence-electron chi connectivity index (χ4n) is 2.07. The number of benzene rings is 1. The SMILES string of the molecule is CCC(=O)OC1CCc2cc(S(=O)(=O)Cl)ccc21. The lowest BCUT2D eigenvalue weighted by molar-refractivity contribution is -0.148. The molecule has 18 heavy (non-hydrogen) atoms. The predicted octanol–water partition coefficient (Wildman–Crippen LogP) is 2.55. The van der Waals surface area contributed by atoms with Crippen LogP contribution >= 0.6 is 10.7 Å². The summed E-state index contributed by atoms with van der Waals surface area (Å²) in [4.78, 5) is 11.4. The van der Waals surface area contributed by atoms with Crippen molar-refractivity contribution >= 4 is 25.7 Å². The molecule has 0 aliphatic heterocycles. The highest BCUT2D eigenvalue weighted by molar-refractivity contribution is 8.13. The molecular formula is C12H13ClO4S. The van der Waals surface area contributed by atoms with Crippen LogP contribution < -0.4 is 0 Å². The number of halogens is 1. The third kappa shape index (κ3) is 2.67. The number of esters is 1. The Labute approximate surface area is 110 Å². The van der Waals surface area contributed by atoms with Gasteiger partial charge in [-0.1, -0.05) is 13.0 Å². The zero-order valence-electron chi connectivity index (χ0n) is 9.85. The molecular weight excluding hydrogens is 276 g/mol. The first-order valence-corrected chi connectivity index (χ1v) is 7.99. The van der Waals surface area contributed by atoms with Gasteiger partial charge in [-0.2, -0.15) is 0 Å². The molecule has 4 nitrogen and oxygen atoms in total. The van der Waals surface area contributed by atoms with Gasteiger partial charge in [0.15, 0.2) is 0 Å². The maximum absolute atomic E-state index is 11.3. The number of carbonyl (C=O) groups excluding carboxylic acids is 1. The van der Waals surface area contributed by atoms with E-state index in [2.05, 4.69) is 0 Å². The highest BCUT2D eigenvalue weighted by Gasteiger charge is 2.26. The van der Waals surface area contributed by atoms with Gasteiger partial charge in [0, 0.05) is 17.1 Å². The molecule has 0 saturated heterocycles. The molecule has 1 unspecified atom stereocenters. The molecule has 0 radical (unpaired) electrons. The van der Waals surface area contributed by atoms with Gasteiger partial charge in [0.1, 0.15) is 6.10 Å². The molecule has 0 heterocycles. The minimum Gasteiger partial charge on any atom is -0.457 e. The fraction of sp³-hybridized carbons (Fsp3) is 0.417. The van der Waals surface area contributed by atoms with Gasteiger partial charge in [-0.25, -0.2) is 8.42 Å². The molecule has 6 heteroatoms. The van der Waals surface area contributed by atoms with Gasteiger partial charge in [-0.15, -0.1) is 0 Å². The molecule has 0 aromatic heterocycles. The van der Waals surface area contributed by atoms with Gasteiger partial charge in [-0.3, -0.25) is 4.79 Å². The van der Waals surface area contributed by atoms with E-state index in [-0.39, 0.29) is 17.0 Å². The van der Waals surface area contributed by atoms with E-state index < -0.39 is 9.05 Å². The lowest BCUT2D eigenvalue weighted by Gasteiger charge is -2.12. The van der Waals surface area contributed by atoms with Crippen molar-refractivity contribution in [2.45, 2.75) is 37.2 Å². The van der Waals surface area contributed by atoms with Crippen molar-refractivity contribution in [1.29, 1.82) is 0 Å². The van der Waals surface area contributed by atoms with Crippen LogP contribution in [0.5, 0.6) is 0 Å². The number of fused-ring (bicyclic) bond motifs is 1. The van der Waals surface area contributed by atoms with E-state index in [1.807, 2.05) is 0 Å². The Morgan fingerprint density at radius 3 is 2.83 bits per heavy atom. The van der Waals surface area contributed by atoms with Crippen molar-refractivity contribution < 1.29 is 17.9 Å². The summed E-state index contributed by atoms with van der Waals surface area (Å²) >= 11 is 0. The summed E-state index contributed by atoms with van der Waals surface area (Å²) in [5, 5.41) is 0. The normalized spacial score (nSPS) is 18.4. The number of rotatable bonds is 3. The van der Waals surface area contributed by atoms with E-state index in [1.165, 1.54) is 6.07 Å². The summed E-state index contributed by atoms with van der Waals surface area (Å²) in [5.74, 6) is -0.248. The molecule has 1 aliphatic rings. The zero-order valence-corrected chi connectivity index (χ0v) is 11.4. The highest BCUT2D eigenvalue weighted by atomic mass is 35.7. The van der Waals surface area contributed by atoms with Crippen LogP contribution in [0.4, 0.5) is 0 Å². The van der Waals surface area contributed by atoms with E-state index in [4.69, 9.17) is 15.4 Å². The van der Waals surface area contributed by atoms with Crippen molar-refractivity contribution in [2.75, 3.05) is 0 Å². The molecule has 1 aromatic carbocycles. The average Bonchev–Trinajstić information content (AvgIpc) is 2.70. The van der Waals surface area contributed by atoms with E-state index >= 15 is 0 Å². The Hall–Kier alpha value is -1.07. The number of hydrogen-bond donors (Lipinski definition) is 0. The molecule has 0 N–H and O–H groups in total. The smallest absolute Gasteiger partial charge is 0.306 e. The predicted molar refractivity (Wildman–Crippen MR) is 66.9 cm³/mol. The summed E-state index contributed by atoms with van der Waals surface area (Å²) in [5.41, 5.74) is 1.76. The Balaban J connectivity index is 2.28. The summed E-state index contributed by atoms with van der Waals surface area (Å²) < 4.78 is 27.7. The lowest BCUT2D eigenvalue weighted by Crippen LogP contribution is -2.07. The minimum atomic E-state index is -3.71. The van der Waals surface area contributed by atoms with Crippen molar-refractivity contribution in [1.82, 2.24) is 0 Å². The summed E-state index contributed by atoms with van der Waals surface area (Å²) in [7, 11) is 1.59. The molecule has 98 valence electrons. The van der Waals surface area contributed by atoms with Gasteiger partial charge >= 0.3 is 5.97 Å². The van der Waals surface area contributed by atoms with Crippen molar-refractivity contribution in [2.24, 2.45) is 0 Å². The number of hydrogen-bond acceptors (Lipinski definition) is 4. The largest absolute Gasteiger partial charge is 0.457 e. The van der Waals surface area contributed by atoms with Gasteiger partial charge in [0.2, 0.25) is 0 Å². The molecule has 0 amide bonds. The van der Waals surface area contributed by atoms with Crippen molar-refractivity contribution in [3.63, 3.8) is 0 Å². The van der Waals surface area contributed by atoms with Crippen LogP contribution in [0, 0.1) is 0 Å². The molecule has 0 fully saturated rings. The fourth-order valence-corrected chi connectivity index (χ4v) is 2.87. The van der Waals surface area contributed by atoms with E-state index in [9.17, 15) is 13.2 Å². The second kappa shape index (κ2) is 4.90. The third-order valence-electron chi connectivity index (χ3n) is 2.98. The highest BCUT2D eigenvalue weighted by Crippen LogP contribution is 2.35. The van der Waals surface area contributed by atoms with Crippen LogP contribution in [-0.2, 0) is 25.0 Å². The van der Waals surface area contributed by atoms with Crippen LogP contribution in [-0.4, -0.2) is 14.4 Å². The average molecular weight is 289 g/mol. The van der Waals surface area contributed by atoms with Crippen LogP contribution in [0.15, 0.2) is 23.1 Å². The van der Waals surface area contributed by atoms with Crippen LogP contribution in [0.1, 0.15) is 37.0 Å². The number of carbonyl (C=O) groups is 1. The van der Waals surface area contributed by atoms with Gasteiger partial charge < -0.3 is 4.74 Å². The Morgan fingerprint density at radius 2 is 2.22 bits per heavy atom. The van der Waals surface area contributed by atoms with Gasteiger partial charge in [0.25, 0.3) is 9.05 Å². The number of aryl methyl sites for hydroxylation is 1. The first-order valence-electron chi connectivity index (χ1n) is 5.68. The van der Waals surface area contributed by atoms with Crippen LogP contribution in [0.25, 0.3) is 0 Å². The quantitative estimate of drug-likeness (QED) is 0.633. The standard InChI is InChI=1S/C12H13ClO4S/c1-2-12(14)17-11-6-3-8-7-9(18(13,15)16)4-5-10(8)11/h4-5,7,11H,2-3,6H2,1H3. The first kappa shape index (κ1) is 13.4. The topological polar surface area (TPSA) is 60.4 Å². The molecule has 1 aromatic rings. The third-order valence-corrected chi connectivity index (χ3v) is 4.33. The Morgan fingerprint density at radius 1 is 1.50 bits per heavy atom. The van der Waals surface area contributed by atoms with Crippen molar-refractivity contribution in [3.05, 3.63) is 29.3 Å². The Kier molecular flexibility index (Phi) is 3.64. The Bertz CT molecular complexity index is 580. The second-order valence-corrected chi connectivity index (χ2v) is 6.74. The molecule has 1 aliphatic carbocycles. The van der Waals surface area contributed by atoms with Crippen LogP contribution in [0.3, 0.4) is 0 Å². The first-order chi connectivity index (χ1) is 8.41. The molecule has 0 bridgehead atoms. The van der Waals surface area contributed by atoms with E-state index in [0.29, 0.717) is 19.3 Å². The maximum Gasteiger partial charge on any atom is 0.306 e. The van der Waals surface area contributed by atoms with E-state index in [0.717, 1.165) is 11.1 Å². The molecule has 1 atom stereocenters. The van der Waals surface area contributed by atoms with Crippen LogP contribution in [0.2, 0.25) is 0 Å². The van der Waals surface area contributed by atoms with Gasteiger partial charge in [-0.05, 0) is 36.1 Å². The van der Waals surface area contributed by atoms with Crippen molar-refractivity contribution in [3.8, 4) is 0 Å². The molecule has 0 spiro atoms. The summed E-state index contributed by atoms with van der Waals surface area (Å²) in [6, 6.07) is 4.67. The van der Waals surface area contributed by atoms with E-state index in [1.54, 1.807) is 19.1 Å². The zero-order chi connectivity index (χ0) is 13.3. The summed E-state index contributed by atoms with van der Waals surface area (Å²) in [6.07, 6.45) is 1.45. The molecule has 0 saturated carbocycles. The minimum absolute atomic E-state index is 0.0883. The summed E-state index contributed by atoms with van der Waals surface area (Å²) in [6.45, 7) is 1.74. The maximum atomic E-state index is 11.3. The monoisotopic (exact) mass is 288 g/mol. The lowest BCUT2D eigenvalue weighted by atomic mass is 10.1. The van der Waals surface area contributed by atoms with Gasteiger partial charge in [0.05, 0.1) is 4.90 Å². The number of ether oxygens (including phenoxy) is 1. The second-order valence-electron chi connectivity index (χ2n) is 4.17. The molecule has 2 rings (SSSR count).